The fraction of sp³-hybridized carbons (Fsp3) is 0.800. The topological polar surface area (TPSA) is 65.1 Å². The Morgan fingerprint density at radius 1 is 1.44 bits per heavy atom. The Hall–Kier alpha value is -1.36. The van der Waals surface area contributed by atoms with Gasteiger partial charge in [-0.3, -0.25) is 9.59 Å². The highest BCUT2D eigenvalue weighted by Crippen LogP contribution is 2.63. The molecule has 2 saturated heterocycles. The molecule has 0 radical (unpaired) electrons. The summed E-state index contributed by atoms with van der Waals surface area (Å²) in [6.45, 7) is 12.3. The van der Waals surface area contributed by atoms with E-state index in [-0.39, 0.29) is 65.4 Å². The minimum absolute atomic E-state index is 0.116. The lowest BCUT2D eigenvalue weighted by Crippen LogP contribution is -2.41. The zero-order valence-electron chi connectivity index (χ0n) is 15.5. The quantitative estimate of drug-likeness (QED) is 0.446. The van der Waals surface area contributed by atoms with Gasteiger partial charge in [0, 0.05) is 24.7 Å². The molecule has 0 spiro atoms. The summed E-state index contributed by atoms with van der Waals surface area (Å²) in [5.41, 5.74) is 0.888. The maximum Gasteiger partial charge on any atom is 0.309 e. The molecular formula is C20H28O5. The number of ether oxygens (including phenoxy) is 3. The van der Waals surface area contributed by atoms with Crippen molar-refractivity contribution in [3.63, 3.8) is 0 Å². The van der Waals surface area contributed by atoms with Crippen LogP contribution in [0.25, 0.3) is 0 Å². The van der Waals surface area contributed by atoms with Crippen LogP contribution in [0.15, 0.2) is 12.2 Å². The molecule has 8 atom stereocenters. The lowest BCUT2D eigenvalue weighted by Gasteiger charge is -2.31. The normalized spacial score (nSPS) is 47.6. The molecule has 25 heavy (non-hydrogen) atoms. The first-order chi connectivity index (χ1) is 11.7. The van der Waals surface area contributed by atoms with Gasteiger partial charge < -0.3 is 14.2 Å². The number of carbonyl (C=O) groups excluding carboxylic acids is 2. The fourth-order valence-corrected chi connectivity index (χ4v) is 5.42. The molecule has 2 saturated carbocycles. The van der Waals surface area contributed by atoms with Gasteiger partial charge in [0.25, 0.3) is 0 Å². The number of epoxide rings is 1. The summed E-state index contributed by atoms with van der Waals surface area (Å²) in [6.07, 6.45) is 1.60. The second kappa shape index (κ2) is 5.57. The van der Waals surface area contributed by atoms with E-state index in [1.807, 2.05) is 20.8 Å². The van der Waals surface area contributed by atoms with E-state index in [4.69, 9.17) is 14.2 Å². The first-order valence-electron chi connectivity index (χ1n) is 9.47. The second-order valence-electron chi connectivity index (χ2n) is 8.91. The number of fused-ring (bicyclic) bond motifs is 5. The summed E-state index contributed by atoms with van der Waals surface area (Å²) >= 11 is 0. The molecule has 2 aliphatic carbocycles. The van der Waals surface area contributed by atoms with Gasteiger partial charge in [-0.1, -0.05) is 32.9 Å². The fourth-order valence-electron chi connectivity index (χ4n) is 5.42. The molecule has 0 aromatic carbocycles. The molecule has 4 rings (SSSR count). The van der Waals surface area contributed by atoms with Crippen molar-refractivity contribution in [1.29, 1.82) is 0 Å². The molecule has 2 aliphatic heterocycles. The van der Waals surface area contributed by atoms with Gasteiger partial charge in [-0.15, -0.1) is 0 Å². The number of hydrogen-bond acceptors (Lipinski definition) is 5. The molecule has 5 heteroatoms. The zero-order valence-corrected chi connectivity index (χ0v) is 15.5. The number of carbonyl (C=O) groups is 2. The monoisotopic (exact) mass is 348 g/mol. The van der Waals surface area contributed by atoms with Crippen molar-refractivity contribution in [2.45, 2.75) is 70.9 Å². The Morgan fingerprint density at radius 3 is 2.84 bits per heavy atom. The molecule has 5 nitrogen and oxygen atoms in total. The predicted molar refractivity (Wildman–Crippen MR) is 90.5 cm³/mol. The second-order valence-corrected chi connectivity index (χ2v) is 8.91. The van der Waals surface area contributed by atoms with Gasteiger partial charge in [-0.2, -0.15) is 0 Å². The van der Waals surface area contributed by atoms with Crippen LogP contribution in [0.4, 0.5) is 0 Å². The van der Waals surface area contributed by atoms with Crippen molar-refractivity contribution in [3.8, 4) is 0 Å². The Balaban J connectivity index is 1.64. The lowest BCUT2D eigenvalue weighted by molar-refractivity contribution is -0.154. The number of esters is 2. The largest absolute Gasteiger partial charge is 0.462 e. The molecule has 8 unspecified atom stereocenters. The van der Waals surface area contributed by atoms with E-state index >= 15 is 0 Å². The maximum absolute atomic E-state index is 12.3. The molecule has 4 fully saturated rings. The minimum Gasteiger partial charge on any atom is -0.462 e. The third kappa shape index (κ3) is 2.54. The van der Waals surface area contributed by atoms with Gasteiger partial charge in [-0.25, -0.2) is 0 Å². The van der Waals surface area contributed by atoms with Gasteiger partial charge in [0.15, 0.2) is 0 Å². The Morgan fingerprint density at radius 2 is 2.16 bits per heavy atom. The van der Waals surface area contributed by atoms with Crippen LogP contribution in [0.3, 0.4) is 0 Å². The lowest BCUT2D eigenvalue weighted by atomic mass is 9.77. The van der Waals surface area contributed by atoms with Crippen LogP contribution in [0.2, 0.25) is 0 Å². The van der Waals surface area contributed by atoms with E-state index in [1.54, 1.807) is 0 Å². The van der Waals surface area contributed by atoms with Crippen molar-refractivity contribution in [2.24, 2.45) is 29.6 Å². The van der Waals surface area contributed by atoms with E-state index in [2.05, 4.69) is 13.5 Å². The van der Waals surface area contributed by atoms with E-state index < -0.39 is 0 Å². The van der Waals surface area contributed by atoms with Crippen LogP contribution < -0.4 is 0 Å². The Kier molecular flexibility index (Phi) is 3.80. The van der Waals surface area contributed by atoms with Gasteiger partial charge in [0.05, 0.1) is 17.6 Å². The smallest absolute Gasteiger partial charge is 0.309 e. The SMILES string of the molecule is C=C1CC(OC(=O)CC(C)C)C2C(C)C(=O)OC2C2C1CC1OC12C. The van der Waals surface area contributed by atoms with Crippen LogP contribution >= 0.6 is 0 Å². The van der Waals surface area contributed by atoms with Crippen molar-refractivity contribution >= 4 is 11.9 Å². The molecule has 0 bridgehead atoms. The first-order valence-corrected chi connectivity index (χ1v) is 9.47. The Labute approximate surface area is 149 Å². The number of hydrogen-bond donors (Lipinski definition) is 0. The van der Waals surface area contributed by atoms with E-state index in [0.29, 0.717) is 12.8 Å². The average Bonchev–Trinajstić information content (AvgIpc) is 2.96. The summed E-state index contributed by atoms with van der Waals surface area (Å²) in [5.74, 6) is -0.114. The van der Waals surface area contributed by atoms with E-state index in [1.165, 1.54) is 0 Å². The third-order valence-electron chi connectivity index (χ3n) is 6.75. The van der Waals surface area contributed by atoms with E-state index in [9.17, 15) is 9.59 Å². The van der Waals surface area contributed by atoms with Crippen molar-refractivity contribution in [3.05, 3.63) is 12.2 Å². The standard InChI is InChI=1S/C20H28O5/c1-9(2)6-15(21)23-13-7-10(3)12-8-14-20(5,25-14)17(12)18-16(13)11(4)19(22)24-18/h9,11-14,16-18H,3,6-8H2,1-2,4-5H3. The molecule has 0 aromatic heterocycles. The molecular weight excluding hydrogens is 320 g/mol. The van der Waals surface area contributed by atoms with Crippen molar-refractivity contribution < 1.29 is 23.8 Å². The maximum atomic E-state index is 12.3. The molecule has 0 aromatic rings. The van der Waals surface area contributed by atoms with E-state index in [0.717, 1.165) is 12.0 Å². The summed E-state index contributed by atoms with van der Waals surface area (Å²) < 4.78 is 17.6. The number of rotatable bonds is 3. The van der Waals surface area contributed by atoms with Crippen molar-refractivity contribution in [2.75, 3.05) is 0 Å². The Bertz CT molecular complexity index is 626. The summed E-state index contributed by atoms with van der Waals surface area (Å²) in [4.78, 5) is 24.6. The zero-order chi connectivity index (χ0) is 18.1. The van der Waals surface area contributed by atoms with Crippen LogP contribution in [0.5, 0.6) is 0 Å². The van der Waals surface area contributed by atoms with Gasteiger partial charge >= 0.3 is 11.9 Å². The highest BCUT2D eigenvalue weighted by molar-refractivity contribution is 5.75. The molecule has 138 valence electrons. The highest BCUT2D eigenvalue weighted by Gasteiger charge is 2.72. The van der Waals surface area contributed by atoms with Gasteiger partial charge in [0.2, 0.25) is 0 Å². The van der Waals surface area contributed by atoms with Crippen molar-refractivity contribution in [1.82, 2.24) is 0 Å². The molecule has 4 aliphatic rings. The minimum atomic E-state index is -0.336. The van der Waals surface area contributed by atoms with Crippen LogP contribution in [0.1, 0.15) is 47.0 Å². The van der Waals surface area contributed by atoms with Gasteiger partial charge in [0.1, 0.15) is 12.2 Å². The molecule has 0 N–H and O–H groups in total. The molecule has 0 amide bonds. The highest BCUT2D eigenvalue weighted by atomic mass is 16.6. The summed E-state index contributed by atoms with van der Waals surface area (Å²) in [7, 11) is 0. The van der Waals surface area contributed by atoms with Crippen LogP contribution in [-0.4, -0.2) is 35.9 Å². The molecule has 2 heterocycles. The van der Waals surface area contributed by atoms with Crippen LogP contribution in [-0.2, 0) is 23.8 Å². The summed E-state index contributed by atoms with van der Waals surface area (Å²) in [5, 5.41) is 0. The average molecular weight is 348 g/mol. The van der Waals surface area contributed by atoms with Gasteiger partial charge in [-0.05, 0) is 25.2 Å². The van der Waals surface area contributed by atoms with Crippen LogP contribution in [0, 0.1) is 29.6 Å². The predicted octanol–water partition coefficient (Wildman–Crippen LogP) is 2.88. The summed E-state index contributed by atoms with van der Waals surface area (Å²) in [6, 6.07) is 0. The third-order valence-corrected chi connectivity index (χ3v) is 6.75. The first kappa shape index (κ1) is 17.1.